The lowest BCUT2D eigenvalue weighted by Crippen LogP contribution is -2.22. The van der Waals surface area contributed by atoms with Gasteiger partial charge in [0.2, 0.25) is 0 Å². The van der Waals surface area contributed by atoms with Crippen molar-refractivity contribution in [3.05, 3.63) is 45.8 Å². The van der Waals surface area contributed by atoms with Gasteiger partial charge in [0.05, 0.1) is 18.8 Å². The average Bonchev–Trinajstić information content (AvgIpc) is 3.08. The van der Waals surface area contributed by atoms with Crippen LogP contribution in [0.2, 0.25) is 0 Å². The summed E-state index contributed by atoms with van der Waals surface area (Å²) in [4.78, 5) is 2.43. The molecule has 0 amide bonds. The van der Waals surface area contributed by atoms with E-state index in [-0.39, 0.29) is 0 Å². The van der Waals surface area contributed by atoms with Crippen molar-refractivity contribution in [1.29, 1.82) is 0 Å². The van der Waals surface area contributed by atoms with E-state index in [2.05, 4.69) is 32.1 Å². The molecule has 2 heterocycles. The normalized spacial score (nSPS) is 19.1. The number of methoxy groups -OCH3 is 1. The molecule has 4 nitrogen and oxygen atoms in total. The molecule has 1 aromatic carbocycles. The summed E-state index contributed by atoms with van der Waals surface area (Å²) in [6.45, 7) is 3.89. The molecule has 2 aromatic rings. The van der Waals surface area contributed by atoms with Gasteiger partial charge in [0.1, 0.15) is 5.75 Å². The standard InChI is InChI=1S/C16H19BrN2O2/c1-11-8-16(21-18-11)14-4-3-7-19(14)10-12-9-13(17)5-6-15(12)20-2/h5-6,8-9,14H,3-4,7,10H2,1-2H3. The topological polar surface area (TPSA) is 38.5 Å². The summed E-state index contributed by atoms with van der Waals surface area (Å²) >= 11 is 3.54. The van der Waals surface area contributed by atoms with Crippen LogP contribution in [-0.4, -0.2) is 23.7 Å². The number of ether oxygens (including phenoxy) is 1. The second kappa shape index (κ2) is 6.20. The smallest absolute Gasteiger partial charge is 0.154 e. The van der Waals surface area contributed by atoms with Crippen LogP contribution in [0.15, 0.2) is 33.3 Å². The van der Waals surface area contributed by atoms with Gasteiger partial charge in [0.15, 0.2) is 5.76 Å². The summed E-state index contributed by atoms with van der Waals surface area (Å²) in [6.07, 6.45) is 2.30. The average molecular weight is 351 g/mol. The van der Waals surface area contributed by atoms with Gasteiger partial charge in [-0.05, 0) is 44.5 Å². The molecule has 1 aliphatic rings. The number of benzene rings is 1. The summed E-state index contributed by atoms with van der Waals surface area (Å²) in [5.41, 5.74) is 2.13. The zero-order chi connectivity index (χ0) is 14.8. The Morgan fingerprint density at radius 2 is 2.29 bits per heavy atom. The van der Waals surface area contributed by atoms with Crippen LogP contribution in [0.3, 0.4) is 0 Å². The highest BCUT2D eigenvalue weighted by Gasteiger charge is 2.29. The highest BCUT2D eigenvalue weighted by Crippen LogP contribution is 2.35. The molecule has 1 aromatic heterocycles. The van der Waals surface area contributed by atoms with Crippen molar-refractivity contribution in [1.82, 2.24) is 10.1 Å². The zero-order valence-corrected chi connectivity index (χ0v) is 13.9. The number of hydrogen-bond donors (Lipinski definition) is 0. The molecule has 1 aliphatic heterocycles. The van der Waals surface area contributed by atoms with Crippen molar-refractivity contribution < 1.29 is 9.26 Å². The number of aryl methyl sites for hydroxylation is 1. The van der Waals surface area contributed by atoms with Gasteiger partial charge in [0.25, 0.3) is 0 Å². The van der Waals surface area contributed by atoms with E-state index in [9.17, 15) is 0 Å². The van der Waals surface area contributed by atoms with E-state index in [1.54, 1.807) is 7.11 Å². The summed E-state index contributed by atoms with van der Waals surface area (Å²) in [5, 5.41) is 4.02. The molecule has 0 N–H and O–H groups in total. The van der Waals surface area contributed by atoms with Crippen LogP contribution in [-0.2, 0) is 6.54 Å². The Labute approximate surface area is 133 Å². The van der Waals surface area contributed by atoms with Crippen LogP contribution < -0.4 is 4.74 Å². The van der Waals surface area contributed by atoms with Gasteiger partial charge in [-0.25, -0.2) is 0 Å². The summed E-state index contributed by atoms with van der Waals surface area (Å²) < 4.78 is 12.0. The van der Waals surface area contributed by atoms with Gasteiger partial charge in [-0.1, -0.05) is 21.1 Å². The summed E-state index contributed by atoms with van der Waals surface area (Å²) in [5.74, 6) is 1.90. The molecule has 112 valence electrons. The van der Waals surface area contributed by atoms with Gasteiger partial charge < -0.3 is 9.26 Å². The number of rotatable bonds is 4. The molecule has 0 bridgehead atoms. The van der Waals surface area contributed by atoms with Crippen LogP contribution in [0.25, 0.3) is 0 Å². The summed E-state index contributed by atoms with van der Waals surface area (Å²) in [7, 11) is 1.72. The number of hydrogen-bond acceptors (Lipinski definition) is 4. The van der Waals surface area contributed by atoms with Crippen LogP contribution >= 0.6 is 15.9 Å². The minimum Gasteiger partial charge on any atom is -0.496 e. The number of likely N-dealkylation sites (tertiary alicyclic amines) is 1. The molecule has 1 unspecified atom stereocenters. The van der Waals surface area contributed by atoms with Crippen LogP contribution in [0.5, 0.6) is 5.75 Å². The monoisotopic (exact) mass is 350 g/mol. The molecule has 0 aliphatic carbocycles. The first-order valence-electron chi connectivity index (χ1n) is 7.17. The molecular weight excluding hydrogens is 332 g/mol. The fraction of sp³-hybridized carbons (Fsp3) is 0.438. The van der Waals surface area contributed by atoms with Gasteiger partial charge >= 0.3 is 0 Å². The van der Waals surface area contributed by atoms with Gasteiger partial charge in [-0.15, -0.1) is 0 Å². The predicted octanol–water partition coefficient (Wildman–Crippen LogP) is 4.09. The SMILES string of the molecule is COc1ccc(Br)cc1CN1CCCC1c1cc(C)no1. The van der Waals surface area contributed by atoms with E-state index in [1.807, 2.05) is 25.1 Å². The van der Waals surface area contributed by atoms with Gasteiger partial charge in [0, 0.05) is 22.6 Å². The highest BCUT2D eigenvalue weighted by molar-refractivity contribution is 9.10. The lowest BCUT2D eigenvalue weighted by molar-refractivity contribution is 0.204. The van der Waals surface area contributed by atoms with E-state index in [1.165, 1.54) is 12.0 Å². The van der Waals surface area contributed by atoms with Crippen molar-refractivity contribution in [2.75, 3.05) is 13.7 Å². The van der Waals surface area contributed by atoms with Crippen molar-refractivity contribution >= 4 is 15.9 Å². The van der Waals surface area contributed by atoms with Gasteiger partial charge in [-0.2, -0.15) is 0 Å². The maximum atomic E-state index is 5.47. The van der Waals surface area contributed by atoms with E-state index in [4.69, 9.17) is 9.26 Å². The first kappa shape index (κ1) is 14.6. The predicted molar refractivity (Wildman–Crippen MR) is 84.3 cm³/mol. The third-order valence-electron chi connectivity index (χ3n) is 3.95. The van der Waals surface area contributed by atoms with E-state index < -0.39 is 0 Å². The van der Waals surface area contributed by atoms with E-state index in [0.29, 0.717) is 6.04 Å². The zero-order valence-electron chi connectivity index (χ0n) is 12.3. The second-order valence-electron chi connectivity index (χ2n) is 5.46. The minimum atomic E-state index is 0.315. The first-order valence-corrected chi connectivity index (χ1v) is 7.96. The number of nitrogens with zero attached hydrogens (tertiary/aromatic N) is 2. The molecule has 1 atom stereocenters. The largest absolute Gasteiger partial charge is 0.496 e. The van der Waals surface area contributed by atoms with Gasteiger partial charge in [-0.3, -0.25) is 4.90 Å². The Balaban J connectivity index is 1.82. The number of aromatic nitrogens is 1. The lowest BCUT2D eigenvalue weighted by atomic mass is 10.1. The Morgan fingerprint density at radius 1 is 1.43 bits per heavy atom. The maximum absolute atomic E-state index is 5.47. The van der Waals surface area contributed by atoms with Crippen LogP contribution in [0, 0.1) is 6.92 Å². The minimum absolute atomic E-state index is 0.315. The third-order valence-corrected chi connectivity index (χ3v) is 4.45. The Bertz CT molecular complexity index is 626. The summed E-state index contributed by atoms with van der Waals surface area (Å²) in [6, 6.07) is 8.49. The maximum Gasteiger partial charge on any atom is 0.154 e. The van der Waals surface area contributed by atoms with Crippen LogP contribution in [0.1, 0.15) is 35.9 Å². The first-order chi connectivity index (χ1) is 10.2. The fourth-order valence-electron chi connectivity index (χ4n) is 2.97. The lowest BCUT2D eigenvalue weighted by Gasteiger charge is -2.23. The molecule has 5 heteroatoms. The molecule has 0 radical (unpaired) electrons. The molecule has 3 rings (SSSR count). The Morgan fingerprint density at radius 3 is 3.00 bits per heavy atom. The van der Waals surface area contributed by atoms with Crippen LogP contribution in [0.4, 0.5) is 0 Å². The van der Waals surface area contributed by atoms with Crippen molar-refractivity contribution in [3.63, 3.8) is 0 Å². The number of halogens is 1. The second-order valence-corrected chi connectivity index (χ2v) is 6.37. The molecule has 0 saturated carbocycles. The molecule has 1 fully saturated rings. The van der Waals surface area contributed by atoms with E-state index >= 15 is 0 Å². The Hall–Kier alpha value is -1.33. The molecule has 21 heavy (non-hydrogen) atoms. The Kier molecular flexibility index (Phi) is 4.31. The van der Waals surface area contributed by atoms with Crippen molar-refractivity contribution in [3.8, 4) is 5.75 Å². The fourth-order valence-corrected chi connectivity index (χ4v) is 3.38. The highest BCUT2D eigenvalue weighted by atomic mass is 79.9. The quantitative estimate of drug-likeness (QED) is 0.832. The van der Waals surface area contributed by atoms with Crippen molar-refractivity contribution in [2.45, 2.75) is 32.4 Å². The van der Waals surface area contributed by atoms with E-state index in [0.717, 1.165) is 41.2 Å². The molecule has 1 saturated heterocycles. The third kappa shape index (κ3) is 3.14. The molecule has 0 spiro atoms. The molecular formula is C16H19BrN2O2. The van der Waals surface area contributed by atoms with Crippen molar-refractivity contribution in [2.24, 2.45) is 0 Å².